The molecule has 0 aromatic carbocycles. The van der Waals surface area contributed by atoms with Crippen molar-refractivity contribution in [2.45, 2.75) is 38.1 Å². The fourth-order valence-electron chi connectivity index (χ4n) is 1.32. The van der Waals surface area contributed by atoms with Gasteiger partial charge in [-0.3, -0.25) is 0 Å². The van der Waals surface area contributed by atoms with E-state index in [1.54, 1.807) is 0 Å². The van der Waals surface area contributed by atoms with Crippen molar-refractivity contribution in [3.63, 3.8) is 0 Å². The van der Waals surface area contributed by atoms with Crippen molar-refractivity contribution in [3.05, 3.63) is 0 Å². The molecule has 2 heterocycles. The Bertz CT molecular complexity index is 57.5. The molecule has 0 unspecified atom stereocenters. The summed E-state index contributed by atoms with van der Waals surface area (Å²) in [6, 6.07) is 1.31. The largest absolute Gasteiger partial charge is 0.417 e. The molecule has 0 atom stereocenters. The standard InChI is InChI=1S/C5H11N.C4H8OSi/c2*1-2-4-6-5-3-1/h6H,1-5H2;1-4H2. The molecule has 0 aliphatic carbocycles. The van der Waals surface area contributed by atoms with E-state index in [4.69, 9.17) is 4.43 Å². The zero-order valence-corrected chi connectivity index (χ0v) is 8.77. The van der Waals surface area contributed by atoms with E-state index in [2.05, 4.69) is 5.32 Å². The number of nitrogens with one attached hydrogen (secondary N) is 1. The lowest BCUT2D eigenvalue weighted by atomic mass is 10.2. The van der Waals surface area contributed by atoms with Crippen LogP contribution in [0.4, 0.5) is 0 Å². The Balaban J connectivity index is 0.000000120. The molecule has 2 rings (SSSR count). The van der Waals surface area contributed by atoms with Crippen LogP contribution < -0.4 is 5.32 Å². The van der Waals surface area contributed by atoms with Gasteiger partial charge in [0.15, 0.2) is 0 Å². The minimum Gasteiger partial charge on any atom is -0.417 e. The average molecular weight is 185 g/mol. The molecule has 2 fully saturated rings. The molecule has 2 aliphatic rings. The van der Waals surface area contributed by atoms with Gasteiger partial charge in [-0.15, -0.1) is 0 Å². The molecule has 3 heteroatoms. The van der Waals surface area contributed by atoms with E-state index in [-0.39, 0.29) is 0 Å². The fourth-order valence-corrected chi connectivity index (χ4v) is 2.14. The first kappa shape index (κ1) is 10.2. The Kier molecular flexibility index (Phi) is 6.62. The van der Waals surface area contributed by atoms with Gasteiger partial charge in [-0.1, -0.05) is 12.8 Å². The first-order valence-electron chi connectivity index (χ1n) is 5.05. The molecule has 0 amide bonds. The van der Waals surface area contributed by atoms with Crippen LogP contribution in [0.3, 0.4) is 0 Å². The Morgan fingerprint density at radius 2 is 1.75 bits per heavy atom. The first-order chi connectivity index (χ1) is 6.00. The highest BCUT2D eigenvalue weighted by Gasteiger charge is 1.97. The number of hydrogen-bond donors (Lipinski definition) is 1. The summed E-state index contributed by atoms with van der Waals surface area (Å²) in [5.74, 6) is 0. The zero-order valence-electron chi connectivity index (χ0n) is 7.77. The lowest BCUT2D eigenvalue weighted by Gasteiger charge is -2.08. The van der Waals surface area contributed by atoms with E-state index in [1.807, 2.05) is 0 Å². The van der Waals surface area contributed by atoms with E-state index in [9.17, 15) is 0 Å². The smallest absolute Gasteiger partial charge is 0.229 e. The first-order valence-corrected chi connectivity index (χ1v) is 6.17. The second-order valence-electron chi connectivity index (χ2n) is 3.26. The normalized spacial score (nSPS) is 24.0. The number of piperidine rings is 1. The summed E-state index contributed by atoms with van der Waals surface area (Å²) in [5.41, 5.74) is 0. The van der Waals surface area contributed by atoms with Gasteiger partial charge in [-0.05, 0) is 38.4 Å². The van der Waals surface area contributed by atoms with Gasteiger partial charge >= 0.3 is 0 Å². The second kappa shape index (κ2) is 7.77. The minimum atomic E-state index is 0.802. The van der Waals surface area contributed by atoms with Crippen molar-refractivity contribution in [2.75, 3.05) is 19.7 Å². The van der Waals surface area contributed by atoms with Crippen LogP contribution in [-0.4, -0.2) is 29.5 Å². The molecule has 12 heavy (non-hydrogen) atoms. The van der Waals surface area contributed by atoms with Crippen LogP contribution in [0.25, 0.3) is 0 Å². The van der Waals surface area contributed by atoms with Gasteiger partial charge in [-0.2, -0.15) is 0 Å². The van der Waals surface area contributed by atoms with Crippen molar-refractivity contribution in [2.24, 2.45) is 0 Å². The highest BCUT2D eigenvalue weighted by molar-refractivity contribution is 6.27. The third kappa shape index (κ3) is 5.74. The lowest BCUT2D eigenvalue weighted by molar-refractivity contribution is 0.304. The van der Waals surface area contributed by atoms with E-state index in [0.717, 1.165) is 16.4 Å². The molecule has 0 aromatic heterocycles. The average Bonchev–Trinajstić information content (AvgIpc) is 2.24. The van der Waals surface area contributed by atoms with Crippen LogP contribution >= 0.6 is 0 Å². The van der Waals surface area contributed by atoms with Crippen molar-refractivity contribution >= 4 is 9.76 Å². The summed E-state index contributed by atoms with van der Waals surface area (Å²) in [4.78, 5) is 0. The lowest BCUT2D eigenvalue weighted by Crippen LogP contribution is -2.21. The highest BCUT2D eigenvalue weighted by atomic mass is 28.2. The number of hydrogen-bond acceptors (Lipinski definition) is 2. The summed E-state index contributed by atoms with van der Waals surface area (Å²) in [7, 11) is 0.802. The molecule has 1 N–H and O–H groups in total. The molecule has 0 bridgehead atoms. The van der Waals surface area contributed by atoms with Gasteiger partial charge < -0.3 is 9.74 Å². The molecular weight excluding hydrogens is 166 g/mol. The topological polar surface area (TPSA) is 21.3 Å². The Morgan fingerprint density at radius 1 is 0.917 bits per heavy atom. The molecule has 0 saturated carbocycles. The SMILES string of the molecule is C1CCNCC1.C1CC[Si]OC1. The molecule has 2 nitrogen and oxygen atoms in total. The van der Waals surface area contributed by atoms with Crippen molar-refractivity contribution < 1.29 is 4.43 Å². The van der Waals surface area contributed by atoms with Crippen LogP contribution in [0, 0.1) is 0 Å². The Morgan fingerprint density at radius 3 is 1.92 bits per heavy atom. The van der Waals surface area contributed by atoms with Crippen molar-refractivity contribution in [1.29, 1.82) is 0 Å². The molecule has 2 radical (unpaired) electrons. The minimum absolute atomic E-state index is 0.802. The Hall–Kier alpha value is 0.137. The predicted octanol–water partition coefficient (Wildman–Crippen LogP) is 1.59. The molecule has 2 saturated heterocycles. The van der Waals surface area contributed by atoms with Crippen LogP contribution in [0.1, 0.15) is 32.1 Å². The summed E-state index contributed by atoms with van der Waals surface area (Å²) in [6.07, 6.45) is 6.89. The molecule has 0 spiro atoms. The van der Waals surface area contributed by atoms with Gasteiger partial charge in [0.2, 0.25) is 9.76 Å². The predicted molar refractivity (Wildman–Crippen MR) is 52.5 cm³/mol. The maximum Gasteiger partial charge on any atom is 0.229 e. The van der Waals surface area contributed by atoms with E-state index >= 15 is 0 Å². The van der Waals surface area contributed by atoms with Gasteiger partial charge in [-0.25, -0.2) is 0 Å². The zero-order chi connectivity index (χ0) is 8.49. The molecule has 2 aliphatic heterocycles. The van der Waals surface area contributed by atoms with E-state index in [0.29, 0.717) is 0 Å². The molecule has 70 valence electrons. The van der Waals surface area contributed by atoms with Crippen LogP contribution in [0.15, 0.2) is 0 Å². The van der Waals surface area contributed by atoms with Crippen molar-refractivity contribution in [3.8, 4) is 0 Å². The summed E-state index contributed by atoms with van der Waals surface area (Å²) in [6.45, 7) is 3.51. The summed E-state index contributed by atoms with van der Waals surface area (Å²) >= 11 is 0. The van der Waals surface area contributed by atoms with Crippen LogP contribution in [0.2, 0.25) is 6.04 Å². The van der Waals surface area contributed by atoms with E-state index in [1.165, 1.54) is 51.2 Å². The van der Waals surface area contributed by atoms with E-state index < -0.39 is 0 Å². The second-order valence-corrected chi connectivity index (χ2v) is 4.34. The van der Waals surface area contributed by atoms with Crippen molar-refractivity contribution in [1.82, 2.24) is 5.32 Å². The van der Waals surface area contributed by atoms with Gasteiger partial charge in [0.05, 0.1) is 0 Å². The molecular formula is C9H19NOSi. The fraction of sp³-hybridized carbons (Fsp3) is 1.00. The third-order valence-electron chi connectivity index (χ3n) is 2.08. The van der Waals surface area contributed by atoms with Gasteiger partial charge in [0, 0.05) is 6.61 Å². The summed E-state index contributed by atoms with van der Waals surface area (Å²) < 4.78 is 5.10. The highest BCUT2D eigenvalue weighted by Crippen LogP contribution is 2.01. The summed E-state index contributed by atoms with van der Waals surface area (Å²) in [5, 5.41) is 3.28. The third-order valence-corrected chi connectivity index (χ3v) is 3.05. The monoisotopic (exact) mass is 185 g/mol. The Labute approximate surface area is 78.0 Å². The van der Waals surface area contributed by atoms with Crippen LogP contribution in [-0.2, 0) is 4.43 Å². The number of rotatable bonds is 0. The quantitative estimate of drug-likeness (QED) is 0.579. The molecule has 0 aromatic rings. The van der Waals surface area contributed by atoms with Crippen LogP contribution in [0.5, 0.6) is 0 Å². The maximum absolute atomic E-state index is 5.10. The van der Waals surface area contributed by atoms with Gasteiger partial charge in [0.25, 0.3) is 0 Å². The van der Waals surface area contributed by atoms with Gasteiger partial charge in [0.1, 0.15) is 0 Å². The maximum atomic E-state index is 5.10.